The fraction of sp³-hybridized carbons (Fsp3) is 0.500. The van der Waals surface area contributed by atoms with Crippen LogP contribution in [0, 0.1) is 11.7 Å². The Kier molecular flexibility index (Phi) is 5.78. The first kappa shape index (κ1) is 14.6. The normalized spacial score (nSPS) is 12.2. The van der Waals surface area contributed by atoms with Crippen molar-refractivity contribution in [3.8, 4) is 0 Å². The van der Waals surface area contributed by atoms with Gasteiger partial charge >= 0.3 is 0 Å². The number of rotatable bonds is 6. The molecule has 1 aromatic carbocycles. The third kappa shape index (κ3) is 3.81. The highest BCUT2D eigenvalue weighted by Crippen LogP contribution is 2.14. The minimum Gasteiger partial charge on any atom is -0.395 e. The van der Waals surface area contributed by atoms with E-state index in [1.54, 1.807) is 30.0 Å². The Balaban J connectivity index is 2.67. The van der Waals surface area contributed by atoms with E-state index in [1.165, 1.54) is 6.07 Å². The molecule has 0 heterocycles. The summed E-state index contributed by atoms with van der Waals surface area (Å²) in [5.74, 6) is -0.606. The highest BCUT2D eigenvalue weighted by molar-refractivity contribution is 5.78. The van der Waals surface area contributed by atoms with E-state index in [1.807, 2.05) is 6.92 Å². The second-order valence-electron chi connectivity index (χ2n) is 4.34. The molecule has 1 atom stereocenters. The molecule has 3 nitrogen and oxygen atoms in total. The molecule has 0 aliphatic heterocycles. The van der Waals surface area contributed by atoms with E-state index in [9.17, 15) is 9.18 Å². The fourth-order valence-corrected chi connectivity index (χ4v) is 1.94. The van der Waals surface area contributed by atoms with Gasteiger partial charge in [0.15, 0.2) is 0 Å². The standard InChI is InChI=1S/C14H20FNO2/c1-3-16(8-9-17)14(18)11(2)10-12-6-4-5-7-13(12)15/h4-7,11,17H,3,8-10H2,1-2H3. The number of carbonyl (C=O) groups is 1. The van der Waals surface area contributed by atoms with E-state index < -0.39 is 0 Å². The minimum absolute atomic E-state index is 0.0465. The summed E-state index contributed by atoms with van der Waals surface area (Å²) in [4.78, 5) is 13.7. The van der Waals surface area contributed by atoms with E-state index in [2.05, 4.69) is 0 Å². The zero-order chi connectivity index (χ0) is 13.5. The third-order valence-corrected chi connectivity index (χ3v) is 2.97. The first-order valence-electron chi connectivity index (χ1n) is 6.23. The molecule has 0 saturated carbocycles. The number of hydrogen-bond acceptors (Lipinski definition) is 2. The number of amides is 1. The first-order valence-corrected chi connectivity index (χ1v) is 6.23. The van der Waals surface area contributed by atoms with E-state index >= 15 is 0 Å². The SMILES string of the molecule is CCN(CCO)C(=O)C(C)Cc1ccccc1F. The number of hydrogen-bond donors (Lipinski definition) is 1. The molecule has 0 saturated heterocycles. The Labute approximate surface area is 107 Å². The maximum absolute atomic E-state index is 13.5. The van der Waals surface area contributed by atoms with Crippen LogP contribution in [0.3, 0.4) is 0 Å². The molecule has 1 rings (SSSR count). The Hall–Kier alpha value is -1.42. The lowest BCUT2D eigenvalue weighted by Crippen LogP contribution is -2.37. The van der Waals surface area contributed by atoms with Crippen LogP contribution in [0.2, 0.25) is 0 Å². The zero-order valence-electron chi connectivity index (χ0n) is 10.9. The molecule has 0 radical (unpaired) electrons. The van der Waals surface area contributed by atoms with E-state index in [-0.39, 0.29) is 24.2 Å². The highest BCUT2D eigenvalue weighted by Gasteiger charge is 2.20. The molecule has 0 spiro atoms. The van der Waals surface area contributed by atoms with Crippen LogP contribution in [0.15, 0.2) is 24.3 Å². The topological polar surface area (TPSA) is 40.5 Å². The quantitative estimate of drug-likeness (QED) is 0.840. The Morgan fingerprint density at radius 1 is 1.44 bits per heavy atom. The number of halogens is 1. The van der Waals surface area contributed by atoms with Crippen LogP contribution >= 0.6 is 0 Å². The fourth-order valence-electron chi connectivity index (χ4n) is 1.94. The van der Waals surface area contributed by atoms with Crippen LogP contribution in [-0.2, 0) is 11.2 Å². The van der Waals surface area contributed by atoms with Crippen molar-refractivity contribution in [3.63, 3.8) is 0 Å². The summed E-state index contributed by atoms with van der Waals surface area (Å²) in [6.45, 7) is 4.49. The number of carbonyl (C=O) groups excluding carboxylic acids is 1. The summed E-state index contributed by atoms with van der Waals surface area (Å²) in [6.07, 6.45) is 0.382. The molecule has 0 aliphatic carbocycles. The molecular weight excluding hydrogens is 233 g/mol. The average molecular weight is 253 g/mol. The predicted octanol–water partition coefficient (Wildman–Crippen LogP) is 1.85. The average Bonchev–Trinajstić information content (AvgIpc) is 2.37. The molecule has 0 fully saturated rings. The molecule has 0 aliphatic rings. The van der Waals surface area contributed by atoms with Gasteiger partial charge in [0.25, 0.3) is 0 Å². The Bertz CT molecular complexity index is 395. The lowest BCUT2D eigenvalue weighted by Gasteiger charge is -2.23. The van der Waals surface area contributed by atoms with E-state index in [0.717, 1.165) is 0 Å². The maximum atomic E-state index is 13.5. The van der Waals surface area contributed by atoms with Crippen molar-refractivity contribution in [2.24, 2.45) is 5.92 Å². The van der Waals surface area contributed by atoms with Crippen molar-refractivity contribution < 1.29 is 14.3 Å². The van der Waals surface area contributed by atoms with Crippen molar-refractivity contribution in [3.05, 3.63) is 35.6 Å². The summed E-state index contributed by atoms with van der Waals surface area (Å²) >= 11 is 0. The number of likely N-dealkylation sites (N-methyl/N-ethyl adjacent to an activating group) is 1. The summed E-state index contributed by atoms with van der Waals surface area (Å²) in [5, 5.41) is 8.88. The molecule has 0 bridgehead atoms. The van der Waals surface area contributed by atoms with E-state index in [4.69, 9.17) is 5.11 Å². The van der Waals surface area contributed by atoms with Crippen LogP contribution in [0.4, 0.5) is 4.39 Å². The third-order valence-electron chi connectivity index (χ3n) is 2.97. The molecule has 100 valence electrons. The van der Waals surface area contributed by atoms with Crippen LogP contribution in [0.25, 0.3) is 0 Å². The van der Waals surface area contributed by atoms with Gasteiger partial charge in [-0.25, -0.2) is 4.39 Å². The van der Waals surface area contributed by atoms with Crippen LogP contribution < -0.4 is 0 Å². The van der Waals surface area contributed by atoms with Crippen molar-refractivity contribution in [2.75, 3.05) is 19.7 Å². The molecule has 0 aromatic heterocycles. The summed E-state index contributed by atoms with van der Waals surface area (Å²) in [5.41, 5.74) is 0.554. The monoisotopic (exact) mass is 253 g/mol. The molecule has 1 unspecified atom stereocenters. The maximum Gasteiger partial charge on any atom is 0.225 e. The van der Waals surface area contributed by atoms with Gasteiger partial charge in [-0.2, -0.15) is 0 Å². The predicted molar refractivity (Wildman–Crippen MR) is 68.6 cm³/mol. The number of aliphatic hydroxyl groups excluding tert-OH is 1. The molecule has 18 heavy (non-hydrogen) atoms. The number of nitrogens with zero attached hydrogens (tertiary/aromatic N) is 1. The van der Waals surface area contributed by atoms with Crippen molar-refractivity contribution in [1.82, 2.24) is 4.90 Å². The van der Waals surface area contributed by atoms with Gasteiger partial charge in [-0.05, 0) is 25.0 Å². The molecule has 4 heteroatoms. The number of aliphatic hydroxyl groups is 1. The summed E-state index contributed by atoms with van der Waals surface area (Å²) < 4.78 is 13.5. The van der Waals surface area contributed by atoms with Gasteiger partial charge in [0.2, 0.25) is 5.91 Å². The summed E-state index contributed by atoms with van der Waals surface area (Å²) in [7, 11) is 0. The molecule has 1 N–H and O–H groups in total. The highest BCUT2D eigenvalue weighted by atomic mass is 19.1. The van der Waals surface area contributed by atoms with Gasteiger partial charge in [-0.1, -0.05) is 25.1 Å². The van der Waals surface area contributed by atoms with Gasteiger partial charge in [-0.15, -0.1) is 0 Å². The summed E-state index contributed by atoms with van der Waals surface area (Å²) in [6, 6.07) is 6.50. The van der Waals surface area contributed by atoms with Gasteiger partial charge in [0, 0.05) is 19.0 Å². The first-order chi connectivity index (χ1) is 8.60. The lowest BCUT2D eigenvalue weighted by molar-refractivity contribution is -0.135. The van der Waals surface area contributed by atoms with Crippen LogP contribution in [0.5, 0.6) is 0 Å². The molecule has 1 aromatic rings. The lowest BCUT2D eigenvalue weighted by atomic mass is 9.99. The van der Waals surface area contributed by atoms with Crippen molar-refractivity contribution >= 4 is 5.91 Å². The number of benzene rings is 1. The van der Waals surface area contributed by atoms with Crippen LogP contribution in [-0.4, -0.2) is 35.6 Å². The van der Waals surface area contributed by atoms with Gasteiger partial charge < -0.3 is 10.0 Å². The minimum atomic E-state index is -0.284. The second kappa shape index (κ2) is 7.11. The van der Waals surface area contributed by atoms with Crippen molar-refractivity contribution in [1.29, 1.82) is 0 Å². The Morgan fingerprint density at radius 2 is 2.11 bits per heavy atom. The van der Waals surface area contributed by atoms with E-state index in [0.29, 0.717) is 25.1 Å². The zero-order valence-corrected chi connectivity index (χ0v) is 10.9. The van der Waals surface area contributed by atoms with Gasteiger partial charge in [0.05, 0.1) is 6.61 Å². The molecule has 1 amide bonds. The van der Waals surface area contributed by atoms with Gasteiger partial charge in [0.1, 0.15) is 5.82 Å². The molecular formula is C14H20FNO2. The smallest absolute Gasteiger partial charge is 0.225 e. The van der Waals surface area contributed by atoms with Crippen molar-refractivity contribution in [2.45, 2.75) is 20.3 Å². The van der Waals surface area contributed by atoms with Crippen LogP contribution in [0.1, 0.15) is 19.4 Å². The van der Waals surface area contributed by atoms with Gasteiger partial charge in [-0.3, -0.25) is 4.79 Å². The largest absolute Gasteiger partial charge is 0.395 e. The Morgan fingerprint density at radius 3 is 2.67 bits per heavy atom. The second-order valence-corrected chi connectivity index (χ2v) is 4.34.